The van der Waals surface area contributed by atoms with E-state index in [1.165, 1.54) is 12.1 Å². The molecule has 2 aliphatic heterocycles. The first-order chi connectivity index (χ1) is 15.0. The highest BCUT2D eigenvalue weighted by atomic mass is 19.4. The van der Waals surface area contributed by atoms with Gasteiger partial charge in [0, 0.05) is 30.8 Å². The molecule has 1 aromatic carbocycles. The standard InChI is InChI=1S/C21H20F3N5O2/c22-21(23,24)31-16-4-5-17-15(11-16)12-30-13-19-26-27-20(29(17)19)14-6-9-28(10-7-14)18-3-1-2-8-25-18/h1-5,8,11,14H,6-7,9-10,12-13H2. The number of halogens is 3. The predicted octanol–water partition coefficient (Wildman–Crippen LogP) is 3.98. The van der Waals surface area contributed by atoms with Crippen LogP contribution in [0.25, 0.3) is 5.69 Å². The largest absolute Gasteiger partial charge is 0.573 e. The Balaban J connectivity index is 1.41. The Kier molecular flexibility index (Phi) is 5.01. The molecule has 0 saturated carbocycles. The van der Waals surface area contributed by atoms with Gasteiger partial charge in [0.25, 0.3) is 0 Å². The first-order valence-corrected chi connectivity index (χ1v) is 10.0. The van der Waals surface area contributed by atoms with Crippen LogP contribution in [0.5, 0.6) is 5.75 Å². The minimum atomic E-state index is -4.74. The zero-order valence-corrected chi connectivity index (χ0v) is 16.5. The van der Waals surface area contributed by atoms with Gasteiger partial charge in [-0.3, -0.25) is 4.57 Å². The van der Waals surface area contributed by atoms with Crippen molar-refractivity contribution in [3.05, 3.63) is 59.8 Å². The topological polar surface area (TPSA) is 65.3 Å². The van der Waals surface area contributed by atoms with Crippen molar-refractivity contribution in [2.24, 2.45) is 0 Å². The van der Waals surface area contributed by atoms with Crippen molar-refractivity contribution in [1.82, 2.24) is 19.7 Å². The Morgan fingerprint density at radius 1 is 1.03 bits per heavy atom. The highest BCUT2D eigenvalue weighted by molar-refractivity contribution is 5.48. The molecule has 2 aliphatic rings. The molecule has 31 heavy (non-hydrogen) atoms. The molecule has 0 aliphatic carbocycles. The van der Waals surface area contributed by atoms with Crippen LogP contribution in [0.4, 0.5) is 19.0 Å². The van der Waals surface area contributed by atoms with Crippen molar-refractivity contribution in [2.45, 2.75) is 38.3 Å². The molecule has 10 heteroatoms. The van der Waals surface area contributed by atoms with Gasteiger partial charge in [0.05, 0.1) is 12.3 Å². The fourth-order valence-corrected chi connectivity index (χ4v) is 4.20. The first kappa shape index (κ1) is 19.8. The second-order valence-electron chi connectivity index (χ2n) is 7.59. The average molecular weight is 431 g/mol. The van der Waals surface area contributed by atoms with Crippen molar-refractivity contribution in [1.29, 1.82) is 0 Å². The van der Waals surface area contributed by atoms with Crippen LogP contribution in [0.2, 0.25) is 0 Å². The van der Waals surface area contributed by atoms with Gasteiger partial charge in [-0.15, -0.1) is 23.4 Å². The van der Waals surface area contributed by atoms with E-state index in [-0.39, 0.29) is 24.9 Å². The third-order valence-electron chi connectivity index (χ3n) is 5.60. The van der Waals surface area contributed by atoms with Gasteiger partial charge in [0.15, 0.2) is 5.82 Å². The van der Waals surface area contributed by atoms with Crippen molar-refractivity contribution in [3.8, 4) is 11.4 Å². The number of hydrogen-bond donors (Lipinski definition) is 0. The fourth-order valence-electron chi connectivity index (χ4n) is 4.20. The molecule has 0 bridgehead atoms. The van der Waals surface area contributed by atoms with Gasteiger partial charge in [0.1, 0.15) is 24.0 Å². The van der Waals surface area contributed by atoms with Gasteiger partial charge in [-0.1, -0.05) is 6.07 Å². The Labute approximate surface area is 176 Å². The lowest BCUT2D eigenvalue weighted by Gasteiger charge is -2.32. The molecule has 5 rings (SSSR count). The van der Waals surface area contributed by atoms with E-state index < -0.39 is 6.36 Å². The summed E-state index contributed by atoms with van der Waals surface area (Å²) in [6.07, 6.45) is -1.21. The van der Waals surface area contributed by atoms with Gasteiger partial charge in [0.2, 0.25) is 0 Å². The maximum Gasteiger partial charge on any atom is 0.573 e. The molecule has 4 heterocycles. The minimum Gasteiger partial charge on any atom is -0.406 e. The van der Waals surface area contributed by atoms with E-state index in [2.05, 4.69) is 24.8 Å². The fraction of sp³-hybridized carbons (Fsp3) is 0.381. The Morgan fingerprint density at radius 3 is 2.61 bits per heavy atom. The molecule has 0 atom stereocenters. The quantitative estimate of drug-likeness (QED) is 0.625. The zero-order valence-electron chi connectivity index (χ0n) is 16.5. The van der Waals surface area contributed by atoms with Crippen molar-refractivity contribution in [3.63, 3.8) is 0 Å². The van der Waals surface area contributed by atoms with Gasteiger partial charge in [-0.25, -0.2) is 4.98 Å². The summed E-state index contributed by atoms with van der Waals surface area (Å²) >= 11 is 0. The van der Waals surface area contributed by atoms with Crippen LogP contribution in [0.15, 0.2) is 42.6 Å². The highest BCUT2D eigenvalue weighted by Gasteiger charge is 2.32. The molecular formula is C21H20F3N5O2. The van der Waals surface area contributed by atoms with E-state index >= 15 is 0 Å². The molecule has 1 saturated heterocycles. The number of aromatic nitrogens is 4. The van der Waals surface area contributed by atoms with Crippen molar-refractivity contribution in [2.75, 3.05) is 18.0 Å². The minimum absolute atomic E-state index is 0.172. The summed E-state index contributed by atoms with van der Waals surface area (Å²) in [5, 5.41) is 8.73. The highest BCUT2D eigenvalue weighted by Crippen LogP contribution is 2.34. The summed E-state index contributed by atoms with van der Waals surface area (Å²) in [6, 6.07) is 10.2. The Bertz CT molecular complexity index is 1060. The second kappa shape index (κ2) is 7.84. The van der Waals surface area contributed by atoms with Gasteiger partial charge < -0.3 is 14.4 Å². The zero-order chi connectivity index (χ0) is 21.4. The Hall–Kier alpha value is -3.14. The summed E-state index contributed by atoms with van der Waals surface area (Å²) in [6.45, 7) is 2.09. The molecule has 0 amide bonds. The number of piperidine rings is 1. The van der Waals surface area contributed by atoms with Crippen LogP contribution < -0.4 is 9.64 Å². The average Bonchev–Trinajstić information content (AvgIpc) is 3.09. The molecule has 0 radical (unpaired) electrons. The lowest BCUT2D eigenvalue weighted by molar-refractivity contribution is -0.274. The van der Waals surface area contributed by atoms with Gasteiger partial charge in [-0.05, 0) is 43.2 Å². The molecule has 0 unspecified atom stereocenters. The van der Waals surface area contributed by atoms with Crippen LogP contribution in [0, 0.1) is 0 Å². The summed E-state index contributed by atoms with van der Waals surface area (Å²) < 4.78 is 49.5. The van der Waals surface area contributed by atoms with Crippen LogP contribution in [-0.4, -0.2) is 39.2 Å². The number of nitrogens with zero attached hydrogens (tertiary/aromatic N) is 5. The molecule has 1 fully saturated rings. The summed E-state index contributed by atoms with van der Waals surface area (Å²) in [5.41, 5.74) is 1.33. The third kappa shape index (κ3) is 4.07. The van der Waals surface area contributed by atoms with E-state index in [1.54, 1.807) is 12.3 Å². The van der Waals surface area contributed by atoms with Crippen LogP contribution in [-0.2, 0) is 18.0 Å². The Morgan fingerprint density at radius 2 is 1.87 bits per heavy atom. The van der Waals surface area contributed by atoms with E-state index in [0.717, 1.165) is 43.3 Å². The smallest absolute Gasteiger partial charge is 0.406 e. The number of alkyl halides is 3. The van der Waals surface area contributed by atoms with Crippen molar-refractivity contribution >= 4 is 5.82 Å². The molecule has 2 aromatic heterocycles. The van der Waals surface area contributed by atoms with E-state index in [1.807, 2.05) is 22.8 Å². The third-order valence-corrected chi connectivity index (χ3v) is 5.60. The van der Waals surface area contributed by atoms with E-state index in [9.17, 15) is 13.2 Å². The summed E-state index contributed by atoms with van der Waals surface area (Å²) in [5.74, 6) is 2.32. The molecular weight excluding hydrogens is 411 g/mol. The van der Waals surface area contributed by atoms with Crippen LogP contribution in [0.1, 0.15) is 36.0 Å². The van der Waals surface area contributed by atoms with E-state index in [4.69, 9.17) is 4.74 Å². The van der Waals surface area contributed by atoms with Crippen LogP contribution >= 0.6 is 0 Å². The number of rotatable bonds is 3. The SMILES string of the molecule is FC(F)(F)Oc1ccc2c(c1)COCc1nnc(C3CCN(c4ccccn4)CC3)n1-2. The van der Waals surface area contributed by atoms with Crippen LogP contribution in [0.3, 0.4) is 0 Å². The van der Waals surface area contributed by atoms with Crippen molar-refractivity contribution < 1.29 is 22.6 Å². The van der Waals surface area contributed by atoms with Gasteiger partial charge in [-0.2, -0.15) is 0 Å². The number of benzene rings is 1. The molecule has 162 valence electrons. The molecule has 0 spiro atoms. The first-order valence-electron chi connectivity index (χ1n) is 10.0. The maximum atomic E-state index is 12.6. The second-order valence-corrected chi connectivity index (χ2v) is 7.59. The normalized spacial score (nSPS) is 17.1. The number of pyridine rings is 1. The lowest BCUT2D eigenvalue weighted by Crippen LogP contribution is -2.34. The summed E-state index contributed by atoms with van der Waals surface area (Å²) in [4.78, 5) is 6.66. The van der Waals surface area contributed by atoms with Gasteiger partial charge >= 0.3 is 6.36 Å². The van der Waals surface area contributed by atoms with E-state index in [0.29, 0.717) is 11.4 Å². The molecule has 3 aromatic rings. The number of ether oxygens (including phenoxy) is 2. The lowest BCUT2D eigenvalue weighted by atomic mass is 9.95. The maximum absolute atomic E-state index is 12.6. The molecule has 7 nitrogen and oxygen atoms in total. The molecule has 0 N–H and O–H groups in total. The number of fused-ring (bicyclic) bond motifs is 3. The number of hydrogen-bond acceptors (Lipinski definition) is 6. The summed E-state index contributed by atoms with van der Waals surface area (Å²) in [7, 11) is 0. The number of anilines is 1. The predicted molar refractivity (Wildman–Crippen MR) is 105 cm³/mol. The monoisotopic (exact) mass is 431 g/mol.